The SMILES string of the molecule is CO[C@H](c1ccc(N2N=C(c3ccccc3)CCC2=O)cc1)[C@H](C)/C=C/CC(=O)N1Cc2ccccc2C[C@H]1CO. The summed E-state index contributed by atoms with van der Waals surface area (Å²) in [6, 6.07) is 25.6. The molecule has 0 unspecified atom stereocenters. The van der Waals surface area contributed by atoms with Crippen LogP contribution in [0.3, 0.4) is 0 Å². The predicted molar refractivity (Wildman–Crippen MR) is 160 cm³/mol. The van der Waals surface area contributed by atoms with Gasteiger partial charge in [-0.15, -0.1) is 0 Å². The van der Waals surface area contributed by atoms with E-state index in [4.69, 9.17) is 4.74 Å². The first-order chi connectivity index (χ1) is 20.0. The minimum atomic E-state index is -0.220. The first kappa shape index (κ1) is 28.5. The third-order valence-electron chi connectivity index (χ3n) is 7.96. The smallest absolute Gasteiger partial charge is 0.247 e. The molecule has 0 bridgehead atoms. The lowest BCUT2D eigenvalue weighted by Gasteiger charge is -2.36. The van der Waals surface area contributed by atoms with Crippen molar-refractivity contribution in [1.29, 1.82) is 0 Å². The molecule has 0 saturated heterocycles. The lowest BCUT2D eigenvalue weighted by atomic mass is 9.93. The molecule has 1 N–H and O–H groups in total. The summed E-state index contributed by atoms with van der Waals surface area (Å²) >= 11 is 0. The monoisotopic (exact) mass is 551 g/mol. The number of hydrogen-bond donors (Lipinski definition) is 1. The van der Waals surface area contributed by atoms with Gasteiger partial charge in [-0.05, 0) is 40.8 Å². The van der Waals surface area contributed by atoms with Gasteiger partial charge in [0.2, 0.25) is 11.8 Å². The number of ether oxygens (including phenoxy) is 1. The molecule has 0 fully saturated rings. The van der Waals surface area contributed by atoms with Gasteiger partial charge in [0.15, 0.2) is 0 Å². The van der Waals surface area contributed by atoms with Crippen LogP contribution in [0.5, 0.6) is 0 Å². The number of fused-ring (bicyclic) bond motifs is 1. The Morgan fingerprint density at radius 2 is 1.73 bits per heavy atom. The Morgan fingerprint density at radius 1 is 1.02 bits per heavy atom. The number of rotatable bonds is 9. The van der Waals surface area contributed by atoms with E-state index in [9.17, 15) is 14.7 Å². The highest BCUT2D eigenvalue weighted by atomic mass is 16.5. The predicted octanol–water partition coefficient (Wildman–Crippen LogP) is 5.43. The van der Waals surface area contributed by atoms with Crippen LogP contribution in [0.2, 0.25) is 0 Å². The summed E-state index contributed by atoms with van der Waals surface area (Å²) in [7, 11) is 1.68. The van der Waals surface area contributed by atoms with E-state index in [0.717, 1.165) is 28.1 Å². The highest BCUT2D eigenvalue weighted by Gasteiger charge is 2.29. The maximum absolute atomic E-state index is 13.1. The van der Waals surface area contributed by atoms with Gasteiger partial charge < -0.3 is 14.7 Å². The number of hydrazone groups is 1. The summed E-state index contributed by atoms with van der Waals surface area (Å²) in [5, 5.41) is 16.1. The van der Waals surface area contributed by atoms with E-state index in [-0.39, 0.29) is 42.9 Å². The van der Waals surface area contributed by atoms with Crippen LogP contribution >= 0.6 is 0 Å². The van der Waals surface area contributed by atoms with Crippen molar-refractivity contribution in [1.82, 2.24) is 4.90 Å². The van der Waals surface area contributed by atoms with Crippen LogP contribution in [0.25, 0.3) is 0 Å². The van der Waals surface area contributed by atoms with Crippen molar-refractivity contribution in [2.75, 3.05) is 18.7 Å². The summed E-state index contributed by atoms with van der Waals surface area (Å²) in [6.45, 7) is 2.53. The number of aliphatic hydroxyl groups is 1. The number of aliphatic hydroxyl groups excluding tert-OH is 1. The number of nitrogens with zero attached hydrogens (tertiary/aromatic N) is 3. The molecule has 0 aromatic heterocycles. The largest absolute Gasteiger partial charge is 0.394 e. The lowest BCUT2D eigenvalue weighted by Crippen LogP contribution is -2.46. The fourth-order valence-corrected chi connectivity index (χ4v) is 5.70. The molecular formula is C34H37N3O4. The van der Waals surface area contributed by atoms with Crippen molar-refractivity contribution < 1.29 is 19.4 Å². The number of amides is 2. The fourth-order valence-electron chi connectivity index (χ4n) is 5.70. The molecule has 0 radical (unpaired) electrons. The van der Waals surface area contributed by atoms with Gasteiger partial charge in [-0.3, -0.25) is 9.59 Å². The second-order valence-corrected chi connectivity index (χ2v) is 10.7. The third-order valence-corrected chi connectivity index (χ3v) is 7.96. The fraction of sp³-hybridized carbons (Fsp3) is 0.324. The van der Waals surface area contributed by atoms with Crippen LogP contribution in [-0.2, 0) is 27.3 Å². The molecule has 3 atom stereocenters. The van der Waals surface area contributed by atoms with E-state index in [0.29, 0.717) is 25.8 Å². The zero-order valence-electron chi connectivity index (χ0n) is 23.6. The van der Waals surface area contributed by atoms with Crippen molar-refractivity contribution in [3.8, 4) is 0 Å². The van der Waals surface area contributed by atoms with Crippen LogP contribution < -0.4 is 5.01 Å². The zero-order chi connectivity index (χ0) is 28.8. The molecule has 2 aliphatic rings. The molecule has 5 rings (SSSR count). The van der Waals surface area contributed by atoms with Gasteiger partial charge in [-0.1, -0.05) is 85.8 Å². The molecule has 2 heterocycles. The number of methoxy groups -OCH3 is 1. The van der Waals surface area contributed by atoms with Crippen LogP contribution in [0.4, 0.5) is 5.69 Å². The Morgan fingerprint density at radius 3 is 2.44 bits per heavy atom. The van der Waals surface area contributed by atoms with Crippen LogP contribution in [0, 0.1) is 5.92 Å². The van der Waals surface area contributed by atoms with Crippen molar-refractivity contribution >= 4 is 23.2 Å². The van der Waals surface area contributed by atoms with E-state index in [2.05, 4.69) is 18.1 Å². The Labute approximate surface area is 241 Å². The summed E-state index contributed by atoms with van der Waals surface area (Å²) in [6.07, 6.45) is 5.66. The van der Waals surface area contributed by atoms with E-state index in [1.165, 1.54) is 10.6 Å². The Kier molecular flexibility index (Phi) is 9.07. The molecule has 0 spiro atoms. The quantitative estimate of drug-likeness (QED) is 0.360. The maximum Gasteiger partial charge on any atom is 0.247 e. The van der Waals surface area contributed by atoms with Gasteiger partial charge in [0.1, 0.15) is 0 Å². The highest BCUT2D eigenvalue weighted by Crippen LogP contribution is 2.30. The van der Waals surface area contributed by atoms with Crippen molar-refractivity contribution in [2.45, 2.75) is 51.3 Å². The zero-order valence-corrected chi connectivity index (χ0v) is 23.6. The summed E-state index contributed by atoms with van der Waals surface area (Å²) in [5.74, 6) is -0.0158. The second kappa shape index (κ2) is 13.1. The number of hydrogen-bond acceptors (Lipinski definition) is 5. The molecule has 2 amide bonds. The molecular weight excluding hydrogens is 514 g/mol. The molecule has 2 aliphatic heterocycles. The minimum absolute atomic E-state index is 0.00180. The third kappa shape index (κ3) is 6.47. The first-order valence-corrected chi connectivity index (χ1v) is 14.2. The number of carbonyl (C=O) groups excluding carboxylic acids is 2. The highest BCUT2D eigenvalue weighted by molar-refractivity contribution is 6.08. The van der Waals surface area contributed by atoms with Gasteiger partial charge in [0.05, 0.1) is 30.2 Å². The number of anilines is 1. The number of carbonyl (C=O) groups is 2. The molecule has 7 nitrogen and oxygen atoms in total. The van der Waals surface area contributed by atoms with Crippen LogP contribution in [0.1, 0.15) is 54.5 Å². The Bertz CT molecular complexity index is 1420. The van der Waals surface area contributed by atoms with Crippen LogP contribution in [0.15, 0.2) is 96.1 Å². The molecule has 41 heavy (non-hydrogen) atoms. The topological polar surface area (TPSA) is 82.4 Å². The maximum atomic E-state index is 13.1. The second-order valence-electron chi connectivity index (χ2n) is 10.7. The normalized spacial score (nSPS) is 18.7. The molecule has 212 valence electrons. The molecule has 7 heteroatoms. The summed E-state index contributed by atoms with van der Waals surface area (Å²) < 4.78 is 5.84. The van der Waals surface area contributed by atoms with Gasteiger partial charge in [0.25, 0.3) is 0 Å². The molecule has 3 aromatic rings. The van der Waals surface area contributed by atoms with Crippen molar-refractivity contribution in [3.05, 3.63) is 113 Å². The molecule has 0 saturated carbocycles. The van der Waals surface area contributed by atoms with Crippen molar-refractivity contribution in [3.63, 3.8) is 0 Å². The average Bonchev–Trinajstić information content (AvgIpc) is 3.01. The first-order valence-electron chi connectivity index (χ1n) is 14.2. The van der Waals surface area contributed by atoms with E-state index < -0.39 is 0 Å². The van der Waals surface area contributed by atoms with E-state index in [1.807, 2.05) is 84.9 Å². The Hall–Kier alpha value is -4.07. The number of benzene rings is 3. The van der Waals surface area contributed by atoms with Gasteiger partial charge in [0, 0.05) is 38.8 Å². The van der Waals surface area contributed by atoms with E-state index in [1.54, 1.807) is 12.0 Å². The van der Waals surface area contributed by atoms with E-state index >= 15 is 0 Å². The van der Waals surface area contributed by atoms with Crippen LogP contribution in [-0.4, -0.2) is 47.3 Å². The lowest BCUT2D eigenvalue weighted by molar-refractivity contribution is -0.134. The summed E-state index contributed by atoms with van der Waals surface area (Å²) in [4.78, 5) is 27.6. The van der Waals surface area contributed by atoms with Gasteiger partial charge in [-0.2, -0.15) is 5.10 Å². The molecule has 0 aliphatic carbocycles. The summed E-state index contributed by atoms with van der Waals surface area (Å²) in [5.41, 5.74) is 5.95. The van der Waals surface area contributed by atoms with Crippen molar-refractivity contribution in [2.24, 2.45) is 11.0 Å². The minimum Gasteiger partial charge on any atom is -0.394 e. The average molecular weight is 552 g/mol. The Balaban J connectivity index is 1.23. The molecule has 3 aromatic carbocycles. The van der Waals surface area contributed by atoms with Gasteiger partial charge >= 0.3 is 0 Å². The standard InChI is InChI=1S/C34H37N3O4/c1-24(9-8-14-32(39)36-22-28-13-7-6-12-27(28)21-30(36)23-38)34(41-2)26-15-17-29(18-16-26)37-33(40)20-19-31(35-37)25-10-4-3-5-11-25/h3-13,15-18,24,30,34,38H,14,19-23H2,1-2H3/b9-8+/t24-,30+,34+/m1/s1. The van der Waals surface area contributed by atoms with Gasteiger partial charge in [-0.25, -0.2) is 5.01 Å².